The molecule has 0 radical (unpaired) electrons. The van der Waals surface area contributed by atoms with Crippen LogP contribution >= 0.6 is 47.1 Å². The largest absolute Gasteiger partial charge is 0.356 e. The van der Waals surface area contributed by atoms with E-state index in [1.54, 1.807) is 11.3 Å². The normalized spacial score (nSPS) is 18.0. The molecule has 1 saturated heterocycles. The lowest BCUT2D eigenvalue weighted by molar-refractivity contribution is 0.376. The Morgan fingerprint density at radius 2 is 2.27 bits per heavy atom. The second kappa shape index (κ2) is 9.32. The van der Waals surface area contributed by atoms with Gasteiger partial charge in [-0.15, -0.1) is 35.3 Å². The molecule has 1 N–H and O–H groups in total. The van der Waals surface area contributed by atoms with Crippen molar-refractivity contribution in [2.24, 2.45) is 4.99 Å². The zero-order chi connectivity index (χ0) is 15.3. The standard InChI is InChI=1S/C15H26N4S2.HI/c1-5-13-18-12(10-20-13)6-7-17-14(16-4)19-8-9-21-15(2,3)11-19;/h10H,5-9,11H2,1-4H3,(H,16,17);1H. The van der Waals surface area contributed by atoms with Crippen molar-refractivity contribution in [2.45, 2.75) is 38.4 Å². The molecule has 126 valence electrons. The highest BCUT2D eigenvalue weighted by molar-refractivity contribution is 14.0. The summed E-state index contributed by atoms with van der Waals surface area (Å²) in [6, 6.07) is 0. The molecule has 1 aliphatic heterocycles. The molecule has 0 atom stereocenters. The summed E-state index contributed by atoms with van der Waals surface area (Å²) < 4.78 is 0.306. The lowest BCUT2D eigenvalue weighted by Gasteiger charge is -2.39. The predicted octanol–water partition coefficient (Wildman–Crippen LogP) is 3.27. The van der Waals surface area contributed by atoms with E-state index in [4.69, 9.17) is 0 Å². The van der Waals surface area contributed by atoms with Gasteiger partial charge in [0.25, 0.3) is 0 Å². The molecular formula is C15H27IN4S2. The molecule has 1 fully saturated rings. The van der Waals surface area contributed by atoms with Crippen molar-refractivity contribution < 1.29 is 0 Å². The van der Waals surface area contributed by atoms with Crippen LogP contribution in [0.15, 0.2) is 10.4 Å². The Balaban J connectivity index is 0.00000242. The molecular weight excluding hydrogens is 427 g/mol. The molecule has 1 aromatic rings. The molecule has 0 amide bonds. The third-order valence-corrected chi connectivity index (χ3v) is 5.84. The Kier molecular flexibility index (Phi) is 8.48. The summed E-state index contributed by atoms with van der Waals surface area (Å²) >= 11 is 3.80. The quantitative estimate of drug-likeness (QED) is 0.431. The zero-order valence-corrected chi connectivity index (χ0v) is 17.8. The van der Waals surface area contributed by atoms with Crippen molar-refractivity contribution in [3.05, 3.63) is 16.1 Å². The first-order chi connectivity index (χ1) is 10.0. The van der Waals surface area contributed by atoms with Gasteiger partial charge in [0.2, 0.25) is 0 Å². The molecule has 0 unspecified atom stereocenters. The smallest absolute Gasteiger partial charge is 0.193 e. The maximum atomic E-state index is 4.61. The molecule has 0 aromatic carbocycles. The van der Waals surface area contributed by atoms with Crippen molar-refractivity contribution in [3.63, 3.8) is 0 Å². The highest BCUT2D eigenvalue weighted by Crippen LogP contribution is 2.29. The van der Waals surface area contributed by atoms with E-state index in [0.717, 1.165) is 38.4 Å². The maximum absolute atomic E-state index is 4.61. The molecule has 1 aromatic heterocycles. The van der Waals surface area contributed by atoms with Crippen LogP contribution in [0.5, 0.6) is 0 Å². The van der Waals surface area contributed by atoms with E-state index < -0.39 is 0 Å². The van der Waals surface area contributed by atoms with Gasteiger partial charge in [0.15, 0.2) is 5.96 Å². The molecule has 7 heteroatoms. The van der Waals surface area contributed by atoms with E-state index in [1.165, 1.54) is 16.5 Å². The monoisotopic (exact) mass is 454 g/mol. The lowest BCUT2D eigenvalue weighted by atomic mass is 10.2. The summed E-state index contributed by atoms with van der Waals surface area (Å²) in [5, 5.41) is 6.88. The van der Waals surface area contributed by atoms with E-state index >= 15 is 0 Å². The second-order valence-corrected chi connectivity index (χ2v) is 8.58. The van der Waals surface area contributed by atoms with Gasteiger partial charge < -0.3 is 10.2 Å². The summed E-state index contributed by atoms with van der Waals surface area (Å²) in [4.78, 5) is 11.4. The molecule has 2 rings (SSSR count). The van der Waals surface area contributed by atoms with Crippen LogP contribution in [-0.4, -0.2) is 53.0 Å². The van der Waals surface area contributed by atoms with E-state index in [9.17, 15) is 0 Å². The van der Waals surface area contributed by atoms with Crippen molar-refractivity contribution in [1.82, 2.24) is 15.2 Å². The minimum atomic E-state index is 0. The van der Waals surface area contributed by atoms with Gasteiger partial charge in [-0.25, -0.2) is 4.98 Å². The first kappa shape index (κ1) is 20.0. The summed E-state index contributed by atoms with van der Waals surface area (Å²) in [6.45, 7) is 9.78. The number of aromatic nitrogens is 1. The molecule has 0 saturated carbocycles. The number of aryl methyl sites for hydroxylation is 1. The topological polar surface area (TPSA) is 40.5 Å². The van der Waals surface area contributed by atoms with E-state index in [-0.39, 0.29) is 24.0 Å². The van der Waals surface area contributed by atoms with Crippen LogP contribution in [0.4, 0.5) is 0 Å². The first-order valence-corrected chi connectivity index (χ1v) is 9.43. The van der Waals surface area contributed by atoms with Gasteiger partial charge >= 0.3 is 0 Å². The molecule has 2 heterocycles. The van der Waals surface area contributed by atoms with E-state index in [1.807, 2.05) is 18.8 Å². The maximum Gasteiger partial charge on any atom is 0.193 e. The van der Waals surface area contributed by atoms with Crippen LogP contribution in [0.25, 0.3) is 0 Å². The third-order valence-electron chi connectivity index (χ3n) is 3.50. The number of nitrogens with one attached hydrogen (secondary N) is 1. The SMILES string of the molecule is CCc1nc(CCNC(=NC)N2CCSC(C)(C)C2)cs1.I. The van der Waals surface area contributed by atoms with Crippen molar-refractivity contribution in [3.8, 4) is 0 Å². The Bertz CT molecular complexity index is 488. The fraction of sp³-hybridized carbons (Fsp3) is 0.733. The average molecular weight is 454 g/mol. The van der Waals surface area contributed by atoms with Crippen LogP contribution in [-0.2, 0) is 12.8 Å². The van der Waals surface area contributed by atoms with Gasteiger partial charge in [-0.3, -0.25) is 4.99 Å². The first-order valence-electron chi connectivity index (χ1n) is 7.57. The number of aliphatic imine (C=N–C) groups is 1. The number of guanidine groups is 1. The van der Waals surface area contributed by atoms with Crippen molar-refractivity contribution >= 4 is 53.0 Å². The van der Waals surface area contributed by atoms with Crippen molar-refractivity contribution in [2.75, 3.05) is 32.4 Å². The number of thiazole rings is 1. The average Bonchev–Trinajstić information content (AvgIpc) is 2.90. The molecule has 0 spiro atoms. The number of nitrogens with zero attached hydrogens (tertiary/aromatic N) is 3. The Labute approximate surface area is 159 Å². The van der Waals surface area contributed by atoms with Gasteiger partial charge in [0, 0.05) is 49.0 Å². The van der Waals surface area contributed by atoms with E-state index in [2.05, 4.69) is 46.3 Å². The second-order valence-electron chi connectivity index (χ2n) is 5.84. The van der Waals surface area contributed by atoms with Gasteiger partial charge in [-0.1, -0.05) is 6.92 Å². The highest BCUT2D eigenvalue weighted by Gasteiger charge is 2.28. The zero-order valence-electron chi connectivity index (χ0n) is 13.9. The lowest BCUT2D eigenvalue weighted by Crippen LogP contribution is -2.51. The van der Waals surface area contributed by atoms with Crippen LogP contribution < -0.4 is 5.32 Å². The fourth-order valence-corrected chi connectivity index (χ4v) is 4.35. The van der Waals surface area contributed by atoms with Crippen LogP contribution in [0, 0.1) is 0 Å². The fourth-order valence-electron chi connectivity index (χ4n) is 2.46. The van der Waals surface area contributed by atoms with Gasteiger partial charge in [0.05, 0.1) is 10.7 Å². The minimum absolute atomic E-state index is 0. The van der Waals surface area contributed by atoms with Crippen LogP contribution in [0.1, 0.15) is 31.5 Å². The number of hydrogen-bond acceptors (Lipinski definition) is 4. The summed E-state index contributed by atoms with van der Waals surface area (Å²) in [6.07, 6.45) is 1.99. The van der Waals surface area contributed by atoms with Gasteiger partial charge in [0.1, 0.15) is 0 Å². The third kappa shape index (κ3) is 5.88. The molecule has 1 aliphatic rings. The Hall–Kier alpha value is -0.0200. The molecule has 0 aliphatic carbocycles. The molecule has 22 heavy (non-hydrogen) atoms. The number of rotatable bonds is 4. The highest BCUT2D eigenvalue weighted by atomic mass is 127. The van der Waals surface area contributed by atoms with Crippen LogP contribution in [0.2, 0.25) is 0 Å². The van der Waals surface area contributed by atoms with Crippen LogP contribution in [0.3, 0.4) is 0 Å². The van der Waals surface area contributed by atoms with E-state index in [0.29, 0.717) is 4.75 Å². The summed E-state index contributed by atoms with van der Waals surface area (Å²) in [5.74, 6) is 2.19. The molecule has 4 nitrogen and oxygen atoms in total. The number of hydrogen-bond donors (Lipinski definition) is 1. The Morgan fingerprint density at radius 1 is 1.50 bits per heavy atom. The van der Waals surface area contributed by atoms with Gasteiger partial charge in [-0.05, 0) is 20.3 Å². The van der Waals surface area contributed by atoms with Crippen molar-refractivity contribution in [1.29, 1.82) is 0 Å². The summed E-state index contributed by atoms with van der Waals surface area (Å²) in [5.41, 5.74) is 1.19. The summed E-state index contributed by atoms with van der Waals surface area (Å²) in [7, 11) is 1.87. The Morgan fingerprint density at radius 3 is 2.86 bits per heavy atom. The number of halogens is 1. The minimum Gasteiger partial charge on any atom is -0.356 e. The number of thioether (sulfide) groups is 1. The van der Waals surface area contributed by atoms with Gasteiger partial charge in [-0.2, -0.15) is 11.8 Å². The molecule has 0 bridgehead atoms. The predicted molar refractivity (Wildman–Crippen MR) is 110 cm³/mol.